The zero-order chi connectivity index (χ0) is 14.2. The summed E-state index contributed by atoms with van der Waals surface area (Å²) in [5, 5.41) is 0. The number of unbranched alkanes of at least 4 members (excludes halogenated alkanes) is 2. The van der Waals surface area contributed by atoms with Gasteiger partial charge in [0.2, 0.25) is 0 Å². The molecule has 2 N–H and O–H groups in total. The van der Waals surface area contributed by atoms with Gasteiger partial charge in [0, 0.05) is 6.04 Å². The highest BCUT2D eigenvalue weighted by molar-refractivity contribution is 5.80. The van der Waals surface area contributed by atoms with Crippen molar-refractivity contribution in [2.24, 2.45) is 5.73 Å². The van der Waals surface area contributed by atoms with Crippen molar-refractivity contribution in [2.45, 2.75) is 65.0 Å². The molecule has 2 unspecified atom stereocenters. The van der Waals surface area contributed by atoms with E-state index in [0.29, 0.717) is 13.0 Å². The highest BCUT2D eigenvalue weighted by atomic mass is 16.5. The Balaban J connectivity index is 4.18. The molecule has 0 heterocycles. The van der Waals surface area contributed by atoms with E-state index in [1.807, 2.05) is 0 Å². The number of carbonyl (C=O) groups excluding carboxylic acids is 1. The minimum atomic E-state index is -0.894. The van der Waals surface area contributed by atoms with Crippen molar-refractivity contribution >= 4 is 5.97 Å². The molecule has 0 aromatic heterocycles. The van der Waals surface area contributed by atoms with Crippen LogP contribution in [0.3, 0.4) is 0 Å². The fourth-order valence-electron chi connectivity index (χ4n) is 1.98. The Morgan fingerprint density at radius 3 is 2.50 bits per heavy atom. The summed E-state index contributed by atoms with van der Waals surface area (Å²) < 4.78 is 5.00. The minimum absolute atomic E-state index is 0.279. The van der Waals surface area contributed by atoms with Gasteiger partial charge in [0.1, 0.15) is 5.54 Å². The molecule has 0 rings (SSSR count). The summed E-state index contributed by atoms with van der Waals surface area (Å²) in [7, 11) is 2.08. The van der Waals surface area contributed by atoms with Crippen molar-refractivity contribution in [1.82, 2.24) is 4.90 Å². The Hall–Kier alpha value is -0.610. The normalized spacial score (nSPS) is 16.4. The van der Waals surface area contributed by atoms with Crippen LogP contribution in [0.2, 0.25) is 0 Å². The van der Waals surface area contributed by atoms with E-state index in [9.17, 15) is 4.79 Å². The largest absolute Gasteiger partial charge is 0.465 e. The summed E-state index contributed by atoms with van der Waals surface area (Å²) in [6.45, 7) is 9.29. The van der Waals surface area contributed by atoms with Gasteiger partial charge in [-0.25, -0.2) is 0 Å². The molecule has 0 saturated heterocycles. The number of carbonyl (C=O) groups is 1. The number of hydrogen-bond acceptors (Lipinski definition) is 4. The second kappa shape index (κ2) is 8.48. The summed E-state index contributed by atoms with van der Waals surface area (Å²) in [5.41, 5.74) is 5.14. The first-order valence-electron chi connectivity index (χ1n) is 7.01. The van der Waals surface area contributed by atoms with Gasteiger partial charge >= 0.3 is 5.97 Å². The van der Waals surface area contributed by atoms with Crippen LogP contribution in [0.1, 0.15) is 53.4 Å². The third-order valence-electron chi connectivity index (χ3n) is 3.33. The van der Waals surface area contributed by atoms with Crippen molar-refractivity contribution in [2.75, 3.05) is 20.2 Å². The lowest BCUT2D eigenvalue weighted by Gasteiger charge is -2.31. The molecule has 0 aromatic carbocycles. The zero-order valence-corrected chi connectivity index (χ0v) is 12.7. The molecule has 0 aliphatic carbocycles. The molecule has 0 aliphatic heterocycles. The van der Waals surface area contributed by atoms with Crippen LogP contribution in [0.5, 0.6) is 0 Å². The van der Waals surface area contributed by atoms with Gasteiger partial charge in [-0.15, -0.1) is 0 Å². The van der Waals surface area contributed by atoms with Crippen molar-refractivity contribution < 1.29 is 9.53 Å². The topological polar surface area (TPSA) is 55.6 Å². The van der Waals surface area contributed by atoms with Crippen molar-refractivity contribution in [3.8, 4) is 0 Å². The summed E-state index contributed by atoms with van der Waals surface area (Å²) in [6, 6.07) is 0.279. The second-order valence-corrected chi connectivity index (χ2v) is 5.38. The molecule has 4 heteroatoms. The maximum Gasteiger partial charge on any atom is 0.325 e. The number of nitrogens with zero attached hydrogens (tertiary/aromatic N) is 1. The summed E-state index contributed by atoms with van der Waals surface area (Å²) >= 11 is 0. The van der Waals surface area contributed by atoms with E-state index in [0.717, 1.165) is 6.54 Å². The molecule has 0 bridgehead atoms. The minimum Gasteiger partial charge on any atom is -0.465 e. The van der Waals surface area contributed by atoms with E-state index in [-0.39, 0.29) is 12.0 Å². The molecule has 2 atom stereocenters. The summed E-state index contributed by atoms with van der Waals surface area (Å²) in [4.78, 5) is 14.0. The van der Waals surface area contributed by atoms with E-state index in [1.165, 1.54) is 19.3 Å². The first kappa shape index (κ1) is 17.4. The third-order valence-corrected chi connectivity index (χ3v) is 3.33. The molecule has 4 nitrogen and oxygen atoms in total. The fourth-order valence-corrected chi connectivity index (χ4v) is 1.98. The second-order valence-electron chi connectivity index (χ2n) is 5.38. The first-order valence-corrected chi connectivity index (χ1v) is 7.01. The van der Waals surface area contributed by atoms with E-state index < -0.39 is 5.54 Å². The van der Waals surface area contributed by atoms with Crippen LogP contribution in [0.25, 0.3) is 0 Å². The Labute approximate surface area is 112 Å². The van der Waals surface area contributed by atoms with Gasteiger partial charge in [-0.3, -0.25) is 4.79 Å². The smallest absolute Gasteiger partial charge is 0.325 e. The lowest BCUT2D eigenvalue weighted by Crippen LogP contribution is -2.50. The van der Waals surface area contributed by atoms with E-state index in [4.69, 9.17) is 10.5 Å². The van der Waals surface area contributed by atoms with E-state index in [2.05, 4.69) is 25.8 Å². The number of hydrogen-bond donors (Lipinski definition) is 1. The van der Waals surface area contributed by atoms with E-state index in [1.54, 1.807) is 13.8 Å². The SMILES string of the molecule is CCCCCN(C)C(C)CC(C)(N)C(=O)OCC. The Bertz CT molecular complexity index is 242. The number of ether oxygens (including phenoxy) is 1. The van der Waals surface area contributed by atoms with Crippen LogP contribution < -0.4 is 5.73 Å². The van der Waals surface area contributed by atoms with Gasteiger partial charge in [-0.2, -0.15) is 0 Å². The van der Waals surface area contributed by atoms with Gasteiger partial charge < -0.3 is 15.4 Å². The molecule has 0 aromatic rings. The molecule has 0 spiro atoms. The predicted molar refractivity (Wildman–Crippen MR) is 75.5 cm³/mol. The quantitative estimate of drug-likeness (QED) is 0.508. The van der Waals surface area contributed by atoms with Crippen LogP contribution in [0, 0.1) is 0 Å². The average molecular weight is 258 g/mol. The molecule has 0 saturated carbocycles. The monoisotopic (exact) mass is 258 g/mol. The standard InChI is InChI=1S/C14H30N2O2/c1-6-8-9-10-16(5)12(3)11-14(4,15)13(17)18-7-2/h12H,6-11,15H2,1-5H3. The molecule has 0 fully saturated rings. The van der Waals surface area contributed by atoms with Crippen molar-refractivity contribution in [3.63, 3.8) is 0 Å². The maximum absolute atomic E-state index is 11.7. The average Bonchev–Trinajstić information content (AvgIpc) is 2.28. The highest BCUT2D eigenvalue weighted by Crippen LogP contribution is 2.15. The maximum atomic E-state index is 11.7. The zero-order valence-electron chi connectivity index (χ0n) is 12.7. The molecule has 108 valence electrons. The Morgan fingerprint density at radius 1 is 1.39 bits per heavy atom. The van der Waals surface area contributed by atoms with Gasteiger partial charge in [0.15, 0.2) is 0 Å². The van der Waals surface area contributed by atoms with Crippen molar-refractivity contribution in [1.29, 1.82) is 0 Å². The molecule has 0 radical (unpaired) electrons. The lowest BCUT2D eigenvalue weighted by molar-refractivity contribution is -0.149. The van der Waals surface area contributed by atoms with Crippen LogP contribution in [0.15, 0.2) is 0 Å². The molecule has 0 amide bonds. The van der Waals surface area contributed by atoms with Crippen LogP contribution in [0.4, 0.5) is 0 Å². The van der Waals surface area contributed by atoms with Gasteiger partial charge in [0.25, 0.3) is 0 Å². The third kappa shape index (κ3) is 6.36. The Kier molecular flexibility index (Phi) is 8.20. The van der Waals surface area contributed by atoms with Crippen LogP contribution >= 0.6 is 0 Å². The number of esters is 1. The molecule has 18 heavy (non-hydrogen) atoms. The Morgan fingerprint density at radius 2 is 2.00 bits per heavy atom. The predicted octanol–water partition coefficient (Wildman–Crippen LogP) is 2.17. The van der Waals surface area contributed by atoms with Gasteiger partial charge in [0.05, 0.1) is 6.61 Å². The molecular formula is C14H30N2O2. The number of rotatable bonds is 9. The summed E-state index contributed by atoms with van der Waals surface area (Å²) in [5.74, 6) is -0.307. The molecular weight excluding hydrogens is 228 g/mol. The summed E-state index contributed by atoms with van der Waals surface area (Å²) in [6.07, 6.45) is 4.28. The van der Waals surface area contributed by atoms with Crippen LogP contribution in [-0.4, -0.2) is 42.6 Å². The first-order chi connectivity index (χ1) is 8.35. The van der Waals surface area contributed by atoms with E-state index >= 15 is 0 Å². The van der Waals surface area contributed by atoms with Crippen molar-refractivity contribution in [3.05, 3.63) is 0 Å². The highest BCUT2D eigenvalue weighted by Gasteiger charge is 2.32. The lowest BCUT2D eigenvalue weighted by atomic mass is 9.94. The molecule has 0 aliphatic rings. The van der Waals surface area contributed by atoms with Gasteiger partial charge in [-0.05, 0) is 47.2 Å². The van der Waals surface area contributed by atoms with Gasteiger partial charge in [-0.1, -0.05) is 19.8 Å². The number of nitrogens with two attached hydrogens (primary N) is 1. The van der Waals surface area contributed by atoms with Crippen LogP contribution in [-0.2, 0) is 9.53 Å². The fraction of sp³-hybridized carbons (Fsp3) is 0.929.